The van der Waals surface area contributed by atoms with Crippen LogP contribution in [0.1, 0.15) is 11.1 Å². The highest BCUT2D eigenvalue weighted by atomic mass is 32.2. The molecule has 3 rings (SSSR count). The van der Waals surface area contributed by atoms with Crippen LogP contribution in [-0.2, 0) is 17.5 Å². The maximum atomic E-state index is 12.0. The summed E-state index contributed by atoms with van der Waals surface area (Å²) >= 11 is 0. The van der Waals surface area contributed by atoms with Crippen molar-refractivity contribution < 1.29 is 4.21 Å². The second kappa shape index (κ2) is 6.33. The molecule has 3 atom stereocenters. The Labute approximate surface area is 127 Å². The minimum Gasteiger partial charge on any atom is -0.288 e. The van der Waals surface area contributed by atoms with Crippen LogP contribution < -0.4 is 0 Å². The number of hydrogen-bond donors (Lipinski definition) is 0. The lowest BCUT2D eigenvalue weighted by molar-refractivity contribution is 0.539. The van der Waals surface area contributed by atoms with Gasteiger partial charge in [-0.15, -0.1) is 0 Å². The molecule has 3 nitrogen and oxygen atoms in total. The van der Waals surface area contributed by atoms with Crippen LogP contribution in [0.2, 0.25) is 0 Å². The van der Waals surface area contributed by atoms with Crippen LogP contribution in [0.3, 0.4) is 0 Å². The van der Waals surface area contributed by atoms with E-state index in [1.54, 1.807) is 0 Å². The first-order chi connectivity index (χ1) is 10.2. The van der Waals surface area contributed by atoms with Gasteiger partial charge in [0, 0.05) is 19.3 Å². The lowest BCUT2D eigenvalue weighted by Gasteiger charge is -2.01. The quantitative estimate of drug-likeness (QED) is 0.628. The van der Waals surface area contributed by atoms with Crippen molar-refractivity contribution in [3.05, 3.63) is 65.7 Å². The first-order valence-corrected chi connectivity index (χ1v) is 8.14. The number of aryl methyl sites for hydroxylation is 1. The Morgan fingerprint density at radius 3 is 2.62 bits per heavy atom. The molecule has 21 heavy (non-hydrogen) atoms. The Balaban J connectivity index is 1.54. The highest BCUT2D eigenvalue weighted by Gasteiger charge is 2.32. The van der Waals surface area contributed by atoms with E-state index >= 15 is 0 Å². The maximum absolute atomic E-state index is 12.0. The molecule has 4 heteroatoms. The van der Waals surface area contributed by atoms with E-state index in [-0.39, 0.29) is 0 Å². The summed E-state index contributed by atoms with van der Waals surface area (Å²) in [6.07, 6.45) is 1.82. The van der Waals surface area contributed by atoms with Crippen LogP contribution in [0, 0.1) is 6.92 Å². The SMILES string of the molecule is Cc1ccc(S(=O)/N=C/[C@H]2CN2Cc2ccccc2)cc1. The molecule has 1 aliphatic heterocycles. The predicted octanol–water partition coefficient (Wildman–Crippen LogP) is 2.97. The van der Waals surface area contributed by atoms with E-state index in [4.69, 9.17) is 0 Å². The summed E-state index contributed by atoms with van der Waals surface area (Å²) in [4.78, 5) is 3.05. The van der Waals surface area contributed by atoms with Gasteiger partial charge in [-0.3, -0.25) is 4.90 Å². The average Bonchev–Trinajstić information content (AvgIpc) is 3.24. The molecule has 1 heterocycles. The van der Waals surface area contributed by atoms with Crippen LogP contribution in [0.4, 0.5) is 0 Å². The van der Waals surface area contributed by atoms with E-state index in [2.05, 4.69) is 21.4 Å². The van der Waals surface area contributed by atoms with E-state index < -0.39 is 11.0 Å². The molecule has 1 aliphatic rings. The van der Waals surface area contributed by atoms with E-state index in [0.29, 0.717) is 6.04 Å². The molecule has 1 saturated heterocycles. The molecule has 2 aromatic carbocycles. The van der Waals surface area contributed by atoms with Crippen molar-refractivity contribution in [1.29, 1.82) is 0 Å². The molecule has 0 aromatic heterocycles. The molecule has 2 aromatic rings. The molecule has 1 fully saturated rings. The zero-order valence-corrected chi connectivity index (χ0v) is 12.8. The van der Waals surface area contributed by atoms with E-state index in [1.807, 2.05) is 55.6 Å². The molecule has 0 radical (unpaired) electrons. The first kappa shape index (κ1) is 14.2. The van der Waals surface area contributed by atoms with E-state index in [0.717, 1.165) is 23.5 Å². The molecule has 0 saturated carbocycles. The lowest BCUT2D eigenvalue weighted by Crippen LogP contribution is -2.03. The number of hydrogen-bond acceptors (Lipinski definition) is 2. The topological polar surface area (TPSA) is 32.4 Å². The van der Waals surface area contributed by atoms with Gasteiger partial charge in [0.05, 0.1) is 10.9 Å². The van der Waals surface area contributed by atoms with Gasteiger partial charge in [0.1, 0.15) is 0 Å². The molecule has 0 aliphatic carbocycles. The maximum Gasteiger partial charge on any atom is 0.172 e. The Kier molecular flexibility index (Phi) is 4.27. The van der Waals surface area contributed by atoms with Crippen molar-refractivity contribution in [2.24, 2.45) is 4.40 Å². The summed E-state index contributed by atoms with van der Waals surface area (Å²) in [6.45, 7) is 3.93. The second-order valence-corrected chi connectivity index (χ2v) is 6.48. The monoisotopic (exact) mass is 298 g/mol. The van der Waals surface area contributed by atoms with Crippen molar-refractivity contribution in [1.82, 2.24) is 4.90 Å². The summed E-state index contributed by atoms with van der Waals surface area (Å²) < 4.78 is 16.2. The third-order valence-electron chi connectivity index (χ3n) is 3.54. The van der Waals surface area contributed by atoms with Gasteiger partial charge in [0.15, 0.2) is 11.0 Å². The standard InChI is InChI=1S/C17H18N2OS/c1-14-7-9-17(10-8-14)21(20)18-11-16-13-19(16)12-15-5-3-2-4-6-15/h2-11,16H,12-13H2,1H3/b18-11+/t16-,19?,21?/m0/s1. The van der Waals surface area contributed by atoms with Gasteiger partial charge in [0.2, 0.25) is 0 Å². The molecule has 2 unspecified atom stereocenters. The molecule has 0 amide bonds. The average molecular weight is 298 g/mol. The van der Waals surface area contributed by atoms with Gasteiger partial charge < -0.3 is 0 Å². The number of rotatable bonds is 5. The molecule has 0 bridgehead atoms. The molecule has 108 valence electrons. The third kappa shape index (κ3) is 3.86. The van der Waals surface area contributed by atoms with Crippen LogP contribution in [-0.4, -0.2) is 27.9 Å². The molecular weight excluding hydrogens is 280 g/mol. The van der Waals surface area contributed by atoms with Gasteiger partial charge in [-0.25, -0.2) is 4.21 Å². The van der Waals surface area contributed by atoms with Gasteiger partial charge in [-0.1, -0.05) is 48.0 Å². The van der Waals surface area contributed by atoms with E-state index in [9.17, 15) is 4.21 Å². The summed E-state index contributed by atoms with van der Waals surface area (Å²) in [5.41, 5.74) is 2.46. The Hall–Kier alpha value is -1.78. The van der Waals surface area contributed by atoms with Gasteiger partial charge in [0.25, 0.3) is 0 Å². The predicted molar refractivity (Wildman–Crippen MR) is 86.7 cm³/mol. The number of nitrogens with zero attached hydrogens (tertiary/aromatic N) is 2. The second-order valence-electron chi connectivity index (χ2n) is 5.30. The Bertz CT molecular complexity index is 652. The van der Waals surface area contributed by atoms with Crippen LogP contribution >= 0.6 is 0 Å². The van der Waals surface area contributed by atoms with Gasteiger partial charge >= 0.3 is 0 Å². The fourth-order valence-electron chi connectivity index (χ4n) is 2.18. The van der Waals surface area contributed by atoms with Gasteiger partial charge in [-0.05, 0) is 24.6 Å². The van der Waals surface area contributed by atoms with Crippen LogP contribution in [0.25, 0.3) is 0 Å². The molecular formula is C17H18N2OS. The Morgan fingerprint density at radius 2 is 1.90 bits per heavy atom. The van der Waals surface area contributed by atoms with Crippen molar-refractivity contribution in [2.45, 2.75) is 24.4 Å². The van der Waals surface area contributed by atoms with Crippen LogP contribution in [0.15, 0.2) is 63.9 Å². The smallest absolute Gasteiger partial charge is 0.172 e. The first-order valence-electron chi connectivity index (χ1n) is 7.03. The highest BCUT2D eigenvalue weighted by Crippen LogP contribution is 2.20. The van der Waals surface area contributed by atoms with Crippen molar-refractivity contribution in [3.63, 3.8) is 0 Å². The largest absolute Gasteiger partial charge is 0.288 e. The lowest BCUT2D eigenvalue weighted by atomic mass is 10.2. The fourth-order valence-corrected chi connectivity index (χ4v) is 2.92. The molecule has 0 spiro atoms. The summed E-state index contributed by atoms with van der Waals surface area (Å²) in [7, 11) is -1.29. The highest BCUT2D eigenvalue weighted by molar-refractivity contribution is 7.83. The minimum atomic E-state index is -1.29. The number of benzene rings is 2. The summed E-state index contributed by atoms with van der Waals surface area (Å²) in [6, 6.07) is 18.4. The van der Waals surface area contributed by atoms with Crippen molar-refractivity contribution in [2.75, 3.05) is 6.54 Å². The zero-order valence-electron chi connectivity index (χ0n) is 12.0. The zero-order chi connectivity index (χ0) is 14.7. The van der Waals surface area contributed by atoms with Crippen molar-refractivity contribution >= 4 is 17.2 Å². The molecule has 0 N–H and O–H groups in total. The fraction of sp³-hybridized carbons (Fsp3) is 0.235. The minimum absolute atomic E-state index is 0.319. The van der Waals surface area contributed by atoms with Crippen LogP contribution in [0.5, 0.6) is 0 Å². The third-order valence-corrected chi connectivity index (χ3v) is 4.53. The summed E-state index contributed by atoms with van der Waals surface area (Å²) in [5, 5.41) is 0. The van der Waals surface area contributed by atoms with E-state index in [1.165, 1.54) is 5.56 Å². The Morgan fingerprint density at radius 1 is 1.19 bits per heavy atom. The van der Waals surface area contributed by atoms with Gasteiger partial charge in [-0.2, -0.15) is 4.40 Å². The summed E-state index contributed by atoms with van der Waals surface area (Å²) in [5.74, 6) is 0. The van der Waals surface area contributed by atoms with Crippen molar-refractivity contribution in [3.8, 4) is 0 Å². The normalized spacial score (nSPS) is 22.3.